The lowest BCUT2D eigenvalue weighted by Gasteiger charge is -2.42. The Hall–Kier alpha value is -1.09. The molecule has 1 N–H and O–H groups in total. The molecule has 2 nitrogen and oxygen atoms in total. The molecule has 0 fully saturated rings. The van der Waals surface area contributed by atoms with Gasteiger partial charge in [0, 0.05) is 24.1 Å². The van der Waals surface area contributed by atoms with E-state index < -0.39 is 0 Å². The SMILES string of the molecule is CCCCC1(CC)CC(NCC)c2ccc(F)cc2O1. The third-order valence-corrected chi connectivity index (χ3v) is 4.33. The largest absolute Gasteiger partial charge is 0.487 e. The number of benzene rings is 1. The standard InChI is InChI=1S/C17H26FNO/c1-4-7-10-17(5-2)12-15(19-6-3)14-9-8-13(18)11-16(14)20-17/h8-9,11,15,19H,4-7,10,12H2,1-3H3. The minimum atomic E-state index is -0.221. The Morgan fingerprint density at radius 1 is 1.35 bits per heavy atom. The molecule has 0 aliphatic carbocycles. The number of fused-ring (bicyclic) bond motifs is 1. The van der Waals surface area contributed by atoms with E-state index in [9.17, 15) is 4.39 Å². The fourth-order valence-corrected chi connectivity index (χ4v) is 3.12. The Bertz CT molecular complexity index is 449. The molecule has 0 saturated heterocycles. The quantitative estimate of drug-likeness (QED) is 0.822. The molecule has 2 unspecified atom stereocenters. The lowest BCUT2D eigenvalue weighted by Crippen LogP contribution is -2.43. The van der Waals surface area contributed by atoms with Crippen molar-refractivity contribution in [1.82, 2.24) is 5.32 Å². The van der Waals surface area contributed by atoms with Crippen LogP contribution in [0.2, 0.25) is 0 Å². The Labute approximate surface area is 121 Å². The summed E-state index contributed by atoms with van der Waals surface area (Å²) < 4.78 is 19.8. The zero-order valence-corrected chi connectivity index (χ0v) is 12.8. The minimum Gasteiger partial charge on any atom is -0.487 e. The van der Waals surface area contributed by atoms with Gasteiger partial charge in [0.25, 0.3) is 0 Å². The summed E-state index contributed by atoms with van der Waals surface area (Å²) in [5.74, 6) is 0.501. The number of hydrogen-bond acceptors (Lipinski definition) is 2. The van der Waals surface area contributed by atoms with Crippen LogP contribution in [0.3, 0.4) is 0 Å². The van der Waals surface area contributed by atoms with Crippen molar-refractivity contribution in [3.8, 4) is 5.75 Å². The molecule has 0 aromatic heterocycles. The summed E-state index contributed by atoms with van der Waals surface area (Å²) in [5, 5.41) is 3.52. The highest BCUT2D eigenvalue weighted by Crippen LogP contribution is 2.43. The summed E-state index contributed by atoms with van der Waals surface area (Å²) in [6.07, 6.45) is 5.28. The average molecular weight is 279 g/mol. The van der Waals surface area contributed by atoms with Crippen LogP contribution in [0.15, 0.2) is 18.2 Å². The first-order valence-corrected chi connectivity index (χ1v) is 7.86. The maximum absolute atomic E-state index is 13.5. The van der Waals surface area contributed by atoms with Gasteiger partial charge in [-0.2, -0.15) is 0 Å². The third-order valence-electron chi connectivity index (χ3n) is 4.33. The van der Waals surface area contributed by atoms with E-state index in [-0.39, 0.29) is 17.5 Å². The molecule has 2 atom stereocenters. The smallest absolute Gasteiger partial charge is 0.127 e. The summed E-state index contributed by atoms with van der Waals surface area (Å²) in [6, 6.07) is 5.19. The monoisotopic (exact) mass is 279 g/mol. The van der Waals surface area contributed by atoms with Crippen LogP contribution in [0.1, 0.15) is 64.5 Å². The van der Waals surface area contributed by atoms with Crippen LogP contribution >= 0.6 is 0 Å². The van der Waals surface area contributed by atoms with Crippen molar-refractivity contribution in [2.24, 2.45) is 0 Å². The van der Waals surface area contributed by atoms with E-state index in [0.29, 0.717) is 0 Å². The second kappa shape index (κ2) is 6.57. The maximum atomic E-state index is 13.5. The summed E-state index contributed by atoms with van der Waals surface area (Å²) in [4.78, 5) is 0. The van der Waals surface area contributed by atoms with E-state index >= 15 is 0 Å². The predicted octanol–water partition coefficient (Wildman–Crippen LogP) is 4.60. The highest BCUT2D eigenvalue weighted by atomic mass is 19.1. The fourth-order valence-electron chi connectivity index (χ4n) is 3.12. The summed E-state index contributed by atoms with van der Waals surface area (Å²) in [7, 11) is 0. The van der Waals surface area contributed by atoms with Gasteiger partial charge in [-0.05, 0) is 31.9 Å². The molecule has 1 aromatic carbocycles. The van der Waals surface area contributed by atoms with Gasteiger partial charge in [0.15, 0.2) is 0 Å². The first-order chi connectivity index (χ1) is 9.64. The van der Waals surface area contributed by atoms with E-state index in [1.54, 1.807) is 0 Å². The highest BCUT2D eigenvalue weighted by molar-refractivity contribution is 5.39. The normalized spacial score (nSPS) is 25.1. The maximum Gasteiger partial charge on any atom is 0.127 e. The highest BCUT2D eigenvalue weighted by Gasteiger charge is 2.39. The Kier molecular flexibility index (Phi) is 5.03. The zero-order chi connectivity index (χ0) is 14.6. The molecule has 1 heterocycles. The van der Waals surface area contributed by atoms with Crippen molar-refractivity contribution in [3.05, 3.63) is 29.6 Å². The van der Waals surface area contributed by atoms with Crippen molar-refractivity contribution >= 4 is 0 Å². The van der Waals surface area contributed by atoms with Crippen molar-refractivity contribution in [1.29, 1.82) is 0 Å². The number of ether oxygens (including phenoxy) is 1. The van der Waals surface area contributed by atoms with E-state index in [4.69, 9.17) is 4.74 Å². The van der Waals surface area contributed by atoms with E-state index in [2.05, 4.69) is 26.1 Å². The molecular formula is C17H26FNO. The lowest BCUT2D eigenvalue weighted by atomic mass is 9.82. The molecule has 0 radical (unpaired) electrons. The topological polar surface area (TPSA) is 21.3 Å². The summed E-state index contributed by atoms with van der Waals surface area (Å²) >= 11 is 0. The molecule has 0 amide bonds. The molecule has 0 spiro atoms. The number of rotatable bonds is 6. The number of unbranched alkanes of at least 4 members (excludes halogenated alkanes) is 1. The average Bonchev–Trinajstić information content (AvgIpc) is 2.45. The van der Waals surface area contributed by atoms with Gasteiger partial charge in [-0.15, -0.1) is 0 Å². The van der Waals surface area contributed by atoms with Crippen LogP contribution in [0.25, 0.3) is 0 Å². The molecular weight excluding hydrogens is 253 g/mol. The van der Waals surface area contributed by atoms with Crippen LogP contribution in [0.4, 0.5) is 4.39 Å². The summed E-state index contributed by atoms with van der Waals surface area (Å²) in [5.41, 5.74) is 0.942. The van der Waals surface area contributed by atoms with Crippen LogP contribution in [-0.4, -0.2) is 12.1 Å². The molecule has 1 aromatic rings. The Morgan fingerprint density at radius 3 is 2.80 bits per heavy atom. The molecule has 3 heteroatoms. The van der Waals surface area contributed by atoms with Gasteiger partial charge in [-0.3, -0.25) is 0 Å². The van der Waals surface area contributed by atoms with Crippen molar-refractivity contribution in [3.63, 3.8) is 0 Å². The minimum absolute atomic E-state index is 0.149. The van der Waals surface area contributed by atoms with E-state index in [1.165, 1.54) is 12.1 Å². The molecule has 20 heavy (non-hydrogen) atoms. The van der Waals surface area contributed by atoms with Crippen LogP contribution in [0, 0.1) is 5.82 Å². The Balaban J connectivity index is 2.32. The molecule has 2 rings (SSSR count). The van der Waals surface area contributed by atoms with Gasteiger partial charge in [0.05, 0.1) is 0 Å². The molecule has 112 valence electrons. The lowest BCUT2D eigenvalue weighted by molar-refractivity contribution is 0.0164. The second-order valence-corrected chi connectivity index (χ2v) is 5.74. The zero-order valence-electron chi connectivity index (χ0n) is 12.8. The summed E-state index contributed by atoms with van der Waals surface area (Å²) in [6.45, 7) is 7.39. The number of nitrogens with one attached hydrogen (secondary N) is 1. The molecule has 1 aliphatic rings. The first kappa shape index (κ1) is 15.3. The first-order valence-electron chi connectivity index (χ1n) is 7.86. The molecule has 1 aliphatic heterocycles. The Morgan fingerprint density at radius 2 is 2.15 bits per heavy atom. The van der Waals surface area contributed by atoms with Gasteiger partial charge < -0.3 is 10.1 Å². The van der Waals surface area contributed by atoms with Gasteiger partial charge in [-0.25, -0.2) is 4.39 Å². The predicted molar refractivity (Wildman–Crippen MR) is 80.6 cm³/mol. The molecule has 0 saturated carbocycles. The second-order valence-electron chi connectivity index (χ2n) is 5.74. The van der Waals surface area contributed by atoms with Gasteiger partial charge >= 0.3 is 0 Å². The fraction of sp³-hybridized carbons (Fsp3) is 0.647. The van der Waals surface area contributed by atoms with E-state index in [0.717, 1.165) is 50.0 Å². The number of hydrogen-bond donors (Lipinski definition) is 1. The number of halogens is 1. The van der Waals surface area contributed by atoms with Crippen molar-refractivity contribution < 1.29 is 9.13 Å². The van der Waals surface area contributed by atoms with Gasteiger partial charge in [-0.1, -0.05) is 33.3 Å². The van der Waals surface area contributed by atoms with Crippen LogP contribution in [-0.2, 0) is 0 Å². The van der Waals surface area contributed by atoms with Gasteiger partial charge in [0.1, 0.15) is 17.2 Å². The van der Waals surface area contributed by atoms with Crippen LogP contribution in [0.5, 0.6) is 5.75 Å². The van der Waals surface area contributed by atoms with E-state index in [1.807, 2.05) is 6.07 Å². The van der Waals surface area contributed by atoms with Gasteiger partial charge in [0.2, 0.25) is 0 Å². The molecule has 0 bridgehead atoms. The van der Waals surface area contributed by atoms with Crippen molar-refractivity contribution in [2.75, 3.05) is 6.54 Å². The van der Waals surface area contributed by atoms with Crippen molar-refractivity contribution in [2.45, 2.75) is 64.5 Å². The third kappa shape index (κ3) is 3.14. The van der Waals surface area contributed by atoms with Crippen LogP contribution < -0.4 is 10.1 Å².